The van der Waals surface area contributed by atoms with Crippen molar-refractivity contribution >= 4 is 15.9 Å². The van der Waals surface area contributed by atoms with Crippen molar-refractivity contribution in [2.45, 2.75) is 20.3 Å². The molecular formula is C12H19BrN2. The van der Waals surface area contributed by atoms with Crippen LogP contribution in [-0.2, 0) is 6.42 Å². The van der Waals surface area contributed by atoms with E-state index in [1.165, 1.54) is 16.7 Å². The molecule has 0 heterocycles. The van der Waals surface area contributed by atoms with Crippen molar-refractivity contribution in [3.05, 3.63) is 33.3 Å². The van der Waals surface area contributed by atoms with Crippen LogP contribution in [0.15, 0.2) is 16.6 Å². The van der Waals surface area contributed by atoms with Gasteiger partial charge < -0.3 is 11.5 Å². The van der Waals surface area contributed by atoms with Gasteiger partial charge in [-0.3, -0.25) is 0 Å². The number of halogens is 1. The van der Waals surface area contributed by atoms with E-state index in [4.69, 9.17) is 11.5 Å². The van der Waals surface area contributed by atoms with E-state index >= 15 is 0 Å². The molecule has 0 fully saturated rings. The smallest absolute Gasteiger partial charge is 0.0210 e. The first-order chi connectivity index (χ1) is 7.08. The van der Waals surface area contributed by atoms with Crippen molar-refractivity contribution in [2.24, 2.45) is 17.4 Å². The Labute approximate surface area is 100 Å². The van der Waals surface area contributed by atoms with Gasteiger partial charge in [0.05, 0.1) is 0 Å². The molecule has 0 radical (unpaired) electrons. The molecule has 0 bridgehead atoms. The molecule has 3 heteroatoms. The lowest BCUT2D eigenvalue weighted by Gasteiger charge is -2.14. The minimum absolute atomic E-state index is 0.378. The first-order valence-electron chi connectivity index (χ1n) is 5.24. The molecule has 1 aromatic carbocycles. The number of rotatable bonds is 4. The Morgan fingerprint density at radius 1 is 1.13 bits per heavy atom. The van der Waals surface area contributed by atoms with Gasteiger partial charge in [-0.05, 0) is 62.0 Å². The topological polar surface area (TPSA) is 52.0 Å². The van der Waals surface area contributed by atoms with E-state index in [2.05, 4.69) is 41.9 Å². The van der Waals surface area contributed by atoms with Gasteiger partial charge in [0.2, 0.25) is 0 Å². The lowest BCUT2D eigenvalue weighted by Crippen LogP contribution is -2.25. The van der Waals surface area contributed by atoms with Gasteiger partial charge in [-0.15, -0.1) is 0 Å². The molecule has 15 heavy (non-hydrogen) atoms. The van der Waals surface area contributed by atoms with Crippen LogP contribution in [0.1, 0.15) is 16.7 Å². The molecule has 0 aliphatic rings. The third-order valence-corrected chi connectivity index (χ3v) is 3.58. The molecular weight excluding hydrogens is 252 g/mol. The van der Waals surface area contributed by atoms with E-state index in [0.717, 1.165) is 10.9 Å². The highest BCUT2D eigenvalue weighted by atomic mass is 79.9. The second kappa shape index (κ2) is 5.64. The van der Waals surface area contributed by atoms with Crippen LogP contribution in [0, 0.1) is 19.8 Å². The Kier molecular flexibility index (Phi) is 4.77. The van der Waals surface area contributed by atoms with Gasteiger partial charge in [0.25, 0.3) is 0 Å². The van der Waals surface area contributed by atoms with E-state index in [1.54, 1.807) is 0 Å². The maximum atomic E-state index is 5.65. The number of aryl methyl sites for hydroxylation is 2. The molecule has 0 spiro atoms. The molecule has 4 N–H and O–H groups in total. The SMILES string of the molecule is Cc1cc(Br)c(CC(CN)CN)cc1C. The van der Waals surface area contributed by atoms with Gasteiger partial charge in [0, 0.05) is 4.47 Å². The minimum atomic E-state index is 0.378. The molecule has 0 amide bonds. The fraction of sp³-hybridized carbons (Fsp3) is 0.500. The summed E-state index contributed by atoms with van der Waals surface area (Å²) in [7, 11) is 0. The van der Waals surface area contributed by atoms with E-state index in [9.17, 15) is 0 Å². The molecule has 0 aliphatic heterocycles. The highest BCUT2D eigenvalue weighted by Crippen LogP contribution is 2.23. The fourth-order valence-corrected chi connectivity index (χ4v) is 2.19. The molecule has 1 rings (SSSR count). The van der Waals surface area contributed by atoms with Crippen LogP contribution in [-0.4, -0.2) is 13.1 Å². The summed E-state index contributed by atoms with van der Waals surface area (Å²) in [4.78, 5) is 0. The third-order valence-electron chi connectivity index (χ3n) is 2.84. The maximum absolute atomic E-state index is 5.65. The summed E-state index contributed by atoms with van der Waals surface area (Å²) in [5.41, 5.74) is 15.2. The Hall–Kier alpha value is -0.380. The molecule has 0 saturated carbocycles. The van der Waals surface area contributed by atoms with Crippen molar-refractivity contribution in [1.82, 2.24) is 0 Å². The van der Waals surface area contributed by atoms with E-state index in [0.29, 0.717) is 19.0 Å². The van der Waals surface area contributed by atoms with Crippen molar-refractivity contribution in [3.63, 3.8) is 0 Å². The highest BCUT2D eigenvalue weighted by Gasteiger charge is 2.09. The number of benzene rings is 1. The molecule has 1 aromatic rings. The quantitative estimate of drug-likeness (QED) is 0.881. The third kappa shape index (κ3) is 3.30. The Morgan fingerprint density at radius 2 is 1.67 bits per heavy atom. The van der Waals surface area contributed by atoms with Crippen LogP contribution in [0.4, 0.5) is 0 Å². The summed E-state index contributed by atoms with van der Waals surface area (Å²) in [6.07, 6.45) is 0.953. The lowest BCUT2D eigenvalue weighted by atomic mass is 9.97. The lowest BCUT2D eigenvalue weighted by molar-refractivity contribution is 0.547. The van der Waals surface area contributed by atoms with Crippen molar-refractivity contribution in [3.8, 4) is 0 Å². The zero-order valence-corrected chi connectivity index (χ0v) is 11.0. The zero-order valence-electron chi connectivity index (χ0n) is 9.39. The second-order valence-electron chi connectivity index (χ2n) is 4.07. The van der Waals surface area contributed by atoms with Gasteiger partial charge in [-0.1, -0.05) is 22.0 Å². The normalized spacial score (nSPS) is 11.1. The molecule has 2 nitrogen and oxygen atoms in total. The van der Waals surface area contributed by atoms with Gasteiger partial charge >= 0.3 is 0 Å². The minimum Gasteiger partial charge on any atom is -0.330 e. The first-order valence-corrected chi connectivity index (χ1v) is 6.03. The summed E-state index contributed by atoms with van der Waals surface area (Å²) in [6.45, 7) is 5.55. The van der Waals surface area contributed by atoms with Crippen LogP contribution in [0.2, 0.25) is 0 Å². The van der Waals surface area contributed by atoms with E-state index in [1.807, 2.05) is 0 Å². The predicted octanol–water partition coefficient (Wildman–Crippen LogP) is 2.14. The highest BCUT2D eigenvalue weighted by molar-refractivity contribution is 9.10. The zero-order chi connectivity index (χ0) is 11.4. The van der Waals surface area contributed by atoms with E-state index in [-0.39, 0.29) is 0 Å². The summed E-state index contributed by atoms with van der Waals surface area (Å²) >= 11 is 3.59. The molecule has 84 valence electrons. The first kappa shape index (κ1) is 12.7. The van der Waals surface area contributed by atoms with Crippen LogP contribution in [0.5, 0.6) is 0 Å². The van der Waals surface area contributed by atoms with E-state index < -0.39 is 0 Å². The average Bonchev–Trinajstić information content (AvgIpc) is 2.21. The van der Waals surface area contributed by atoms with Gasteiger partial charge in [0.1, 0.15) is 0 Å². The molecule has 0 aromatic heterocycles. The molecule has 0 atom stereocenters. The van der Waals surface area contributed by atoms with Gasteiger partial charge in [-0.2, -0.15) is 0 Å². The van der Waals surface area contributed by atoms with Crippen LogP contribution < -0.4 is 11.5 Å². The van der Waals surface area contributed by atoms with Crippen LogP contribution >= 0.6 is 15.9 Å². The molecule has 0 aliphatic carbocycles. The van der Waals surface area contributed by atoms with Gasteiger partial charge in [0.15, 0.2) is 0 Å². The Bertz CT molecular complexity index is 333. The Balaban J connectivity index is 2.89. The largest absolute Gasteiger partial charge is 0.330 e. The van der Waals surface area contributed by atoms with Gasteiger partial charge in [-0.25, -0.2) is 0 Å². The molecule has 0 unspecified atom stereocenters. The molecule has 0 saturated heterocycles. The van der Waals surface area contributed by atoms with Crippen LogP contribution in [0.3, 0.4) is 0 Å². The Morgan fingerprint density at radius 3 is 2.20 bits per heavy atom. The summed E-state index contributed by atoms with van der Waals surface area (Å²) < 4.78 is 1.16. The monoisotopic (exact) mass is 270 g/mol. The summed E-state index contributed by atoms with van der Waals surface area (Å²) in [5.74, 6) is 0.378. The van der Waals surface area contributed by atoms with Crippen molar-refractivity contribution in [2.75, 3.05) is 13.1 Å². The second-order valence-corrected chi connectivity index (χ2v) is 4.92. The maximum Gasteiger partial charge on any atom is 0.0210 e. The van der Waals surface area contributed by atoms with Crippen LogP contribution in [0.25, 0.3) is 0 Å². The number of hydrogen-bond donors (Lipinski definition) is 2. The number of nitrogens with two attached hydrogens (primary N) is 2. The summed E-state index contributed by atoms with van der Waals surface area (Å²) in [6, 6.07) is 4.38. The fourth-order valence-electron chi connectivity index (χ4n) is 1.57. The summed E-state index contributed by atoms with van der Waals surface area (Å²) in [5, 5.41) is 0. The number of hydrogen-bond acceptors (Lipinski definition) is 2. The van der Waals surface area contributed by atoms with Crippen molar-refractivity contribution < 1.29 is 0 Å². The standard InChI is InChI=1S/C12H19BrN2/c1-8-3-11(5-10(6-14)7-15)12(13)4-9(8)2/h3-4,10H,5-7,14-15H2,1-2H3. The predicted molar refractivity (Wildman–Crippen MR) is 68.9 cm³/mol. The average molecular weight is 271 g/mol. The van der Waals surface area contributed by atoms with Crippen molar-refractivity contribution in [1.29, 1.82) is 0 Å².